The van der Waals surface area contributed by atoms with Gasteiger partial charge in [0.25, 0.3) is 0 Å². The minimum atomic E-state index is -3.59. The summed E-state index contributed by atoms with van der Waals surface area (Å²) in [6, 6.07) is 27.8. The Morgan fingerprint density at radius 3 is 2.02 bits per heavy atom. The molecule has 254 valence electrons. The third-order valence-electron chi connectivity index (χ3n) is 7.86. The lowest BCUT2D eigenvalue weighted by atomic mass is 10.0. The molecule has 4 aromatic carbocycles. The number of nitrogens with zero attached hydrogens (tertiary/aromatic N) is 1. The van der Waals surface area contributed by atoms with Crippen molar-refractivity contribution in [3.63, 3.8) is 0 Å². The molecule has 11 heteroatoms. The highest BCUT2D eigenvalue weighted by Crippen LogP contribution is 2.28. The second-order valence-electron chi connectivity index (χ2n) is 11.1. The molecule has 4 aromatic rings. The Morgan fingerprint density at radius 1 is 0.750 bits per heavy atom. The van der Waals surface area contributed by atoms with Crippen molar-refractivity contribution in [3.8, 4) is 17.2 Å². The number of rotatable bonds is 17. The highest BCUT2D eigenvalue weighted by molar-refractivity contribution is 7.89. The average molecular weight is 674 g/mol. The van der Waals surface area contributed by atoms with Crippen LogP contribution >= 0.6 is 0 Å². The summed E-state index contributed by atoms with van der Waals surface area (Å²) >= 11 is 0. The molecule has 2 amide bonds. The summed E-state index contributed by atoms with van der Waals surface area (Å²) in [5, 5.41) is 3.05. The molecule has 0 aliphatic carbocycles. The molecule has 0 aromatic heterocycles. The number of benzene rings is 4. The fourth-order valence-corrected chi connectivity index (χ4v) is 6.37. The lowest BCUT2D eigenvalue weighted by Gasteiger charge is -2.32. The highest BCUT2D eigenvalue weighted by Gasteiger charge is 2.31. The fourth-order valence-electron chi connectivity index (χ4n) is 5.33. The lowest BCUT2D eigenvalue weighted by Crippen LogP contribution is -2.44. The molecular formula is C37H43N3O7S. The van der Waals surface area contributed by atoms with Crippen LogP contribution in [-0.2, 0) is 39.0 Å². The molecule has 48 heavy (non-hydrogen) atoms. The zero-order chi connectivity index (χ0) is 34.5. The number of hydrogen-bond acceptors (Lipinski definition) is 7. The number of aryl methyl sites for hydroxylation is 1. The molecule has 1 atom stereocenters. The summed E-state index contributed by atoms with van der Waals surface area (Å²) in [6.45, 7) is 2.53. The SMILES string of the molecule is CCNS(=O)(=O)c1ccc(CCC(=O)N(Cc2ccc(OC)cc2)C(C(=O)NCCc2ccc(OC)c(OC)c2)c2ccccc2)cc1. The van der Waals surface area contributed by atoms with E-state index in [1.165, 1.54) is 12.1 Å². The molecule has 0 saturated heterocycles. The second kappa shape index (κ2) is 17.3. The number of amides is 2. The number of ether oxygens (including phenoxy) is 3. The van der Waals surface area contributed by atoms with Crippen molar-refractivity contribution in [1.29, 1.82) is 0 Å². The highest BCUT2D eigenvalue weighted by atomic mass is 32.2. The third kappa shape index (κ3) is 9.58. The van der Waals surface area contributed by atoms with Crippen LogP contribution in [0.4, 0.5) is 0 Å². The summed E-state index contributed by atoms with van der Waals surface area (Å²) in [4.78, 5) is 29.9. The maximum Gasteiger partial charge on any atom is 0.247 e. The number of methoxy groups -OCH3 is 3. The number of nitrogens with one attached hydrogen (secondary N) is 2. The van der Waals surface area contributed by atoms with E-state index in [4.69, 9.17) is 14.2 Å². The van der Waals surface area contributed by atoms with E-state index in [0.29, 0.717) is 42.2 Å². The van der Waals surface area contributed by atoms with Gasteiger partial charge in [0.1, 0.15) is 11.8 Å². The van der Waals surface area contributed by atoms with Crippen LogP contribution in [0.25, 0.3) is 0 Å². The number of sulfonamides is 1. The van der Waals surface area contributed by atoms with Gasteiger partial charge in [-0.15, -0.1) is 0 Å². The van der Waals surface area contributed by atoms with E-state index >= 15 is 0 Å². The fraction of sp³-hybridized carbons (Fsp3) is 0.297. The van der Waals surface area contributed by atoms with E-state index in [2.05, 4.69) is 10.0 Å². The topological polar surface area (TPSA) is 123 Å². The quantitative estimate of drug-likeness (QED) is 0.160. The van der Waals surface area contributed by atoms with E-state index in [0.717, 1.165) is 16.7 Å². The number of carbonyl (C=O) groups excluding carboxylic acids is 2. The molecule has 0 aliphatic heterocycles. The van der Waals surface area contributed by atoms with Crippen LogP contribution in [0.2, 0.25) is 0 Å². The zero-order valence-electron chi connectivity index (χ0n) is 27.8. The van der Waals surface area contributed by atoms with Crippen molar-refractivity contribution in [2.75, 3.05) is 34.4 Å². The first-order valence-electron chi connectivity index (χ1n) is 15.7. The monoisotopic (exact) mass is 673 g/mol. The Balaban J connectivity index is 1.57. The molecule has 0 fully saturated rings. The van der Waals surface area contributed by atoms with Crippen LogP contribution in [-0.4, -0.2) is 59.6 Å². The first kappa shape index (κ1) is 36.0. The van der Waals surface area contributed by atoms with Gasteiger partial charge in [-0.3, -0.25) is 9.59 Å². The van der Waals surface area contributed by atoms with Gasteiger partial charge in [0.15, 0.2) is 11.5 Å². The molecule has 0 spiro atoms. The summed E-state index contributed by atoms with van der Waals surface area (Å²) in [7, 11) is 1.16. The van der Waals surface area contributed by atoms with Gasteiger partial charge in [0, 0.05) is 26.1 Å². The molecule has 0 bridgehead atoms. The summed E-state index contributed by atoms with van der Waals surface area (Å²) in [5.74, 6) is 1.38. The third-order valence-corrected chi connectivity index (χ3v) is 9.43. The van der Waals surface area contributed by atoms with Gasteiger partial charge in [-0.05, 0) is 71.5 Å². The van der Waals surface area contributed by atoms with Crippen LogP contribution in [0, 0.1) is 0 Å². The Kier molecular flexibility index (Phi) is 13.0. The van der Waals surface area contributed by atoms with Crippen molar-refractivity contribution in [2.45, 2.75) is 43.7 Å². The maximum absolute atomic E-state index is 14.1. The summed E-state index contributed by atoms with van der Waals surface area (Å²) in [6.07, 6.45) is 1.01. The molecule has 0 saturated carbocycles. The van der Waals surface area contributed by atoms with Crippen LogP contribution < -0.4 is 24.2 Å². The molecular weight excluding hydrogens is 630 g/mol. The van der Waals surface area contributed by atoms with Gasteiger partial charge in [0.05, 0.1) is 26.2 Å². The number of hydrogen-bond donors (Lipinski definition) is 2. The van der Waals surface area contributed by atoms with E-state index < -0.39 is 16.1 Å². The normalized spacial score (nSPS) is 11.8. The van der Waals surface area contributed by atoms with Gasteiger partial charge in [-0.2, -0.15) is 0 Å². The Hall–Kier alpha value is -4.87. The predicted molar refractivity (Wildman–Crippen MR) is 185 cm³/mol. The average Bonchev–Trinajstić information content (AvgIpc) is 3.11. The minimum absolute atomic E-state index is 0.109. The molecule has 10 nitrogen and oxygen atoms in total. The Bertz CT molecular complexity index is 1750. The van der Waals surface area contributed by atoms with E-state index in [9.17, 15) is 18.0 Å². The van der Waals surface area contributed by atoms with Crippen molar-refractivity contribution >= 4 is 21.8 Å². The van der Waals surface area contributed by atoms with Crippen molar-refractivity contribution in [1.82, 2.24) is 14.9 Å². The van der Waals surface area contributed by atoms with E-state index in [1.54, 1.807) is 45.3 Å². The summed E-state index contributed by atoms with van der Waals surface area (Å²) in [5.41, 5.74) is 3.28. The molecule has 2 N–H and O–H groups in total. The van der Waals surface area contributed by atoms with Crippen LogP contribution in [0.1, 0.15) is 41.6 Å². The van der Waals surface area contributed by atoms with E-state index in [1.807, 2.05) is 72.8 Å². The zero-order valence-corrected chi connectivity index (χ0v) is 28.6. The van der Waals surface area contributed by atoms with Crippen LogP contribution in [0.3, 0.4) is 0 Å². The molecule has 4 rings (SSSR count). The van der Waals surface area contributed by atoms with Gasteiger partial charge in [-0.1, -0.05) is 67.6 Å². The summed E-state index contributed by atoms with van der Waals surface area (Å²) < 4.78 is 43.3. The van der Waals surface area contributed by atoms with E-state index in [-0.39, 0.29) is 36.2 Å². The van der Waals surface area contributed by atoms with Gasteiger partial charge < -0.3 is 24.4 Å². The van der Waals surface area contributed by atoms with Gasteiger partial charge >= 0.3 is 0 Å². The standard InChI is InChI=1S/C37H43N3O7S/c1-5-39-48(43,44)32-19-13-27(14-20-32)16-22-35(41)40(26-29-11-17-31(45-2)18-12-29)36(30-9-7-6-8-10-30)37(42)38-24-23-28-15-21-33(46-3)34(25-28)47-4/h6-15,17-21,25,36,39H,5,16,22-24,26H2,1-4H3,(H,38,42). The Labute approximate surface area is 283 Å². The molecule has 0 heterocycles. The van der Waals surface area contributed by atoms with Crippen molar-refractivity contribution in [2.24, 2.45) is 0 Å². The maximum atomic E-state index is 14.1. The Morgan fingerprint density at radius 2 is 1.40 bits per heavy atom. The molecule has 1 unspecified atom stereocenters. The van der Waals surface area contributed by atoms with Crippen LogP contribution in [0.15, 0.2) is 102 Å². The smallest absolute Gasteiger partial charge is 0.247 e. The van der Waals surface area contributed by atoms with Crippen molar-refractivity contribution in [3.05, 3.63) is 119 Å². The van der Waals surface area contributed by atoms with Gasteiger partial charge in [0.2, 0.25) is 21.8 Å². The van der Waals surface area contributed by atoms with Crippen molar-refractivity contribution < 1.29 is 32.2 Å². The number of carbonyl (C=O) groups is 2. The molecule has 0 aliphatic rings. The lowest BCUT2D eigenvalue weighted by molar-refractivity contribution is -0.141. The second-order valence-corrected chi connectivity index (χ2v) is 12.8. The van der Waals surface area contributed by atoms with Crippen LogP contribution in [0.5, 0.6) is 17.2 Å². The van der Waals surface area contributed by atoms with Gasteiger partial charge in [-0.25, -0.2) is 13.1 Å². The molecule has 0 radical (unpaired) electrons. The first-order chi connectivity index (χ1) is 23.2. The first-order valence-corrected chi connectivity index (χ1v) is 17.2. The minimum Gasteiger partial charge on any atom is -0.497 e. The predicted octanol–water partition coefficient (Wildman–Crippen LogP) is 5.07. The largest absolute Gasteiger partial charge is 0.497 e.